The van der Waals surface area contributed by atoms with Crippen molar-refractivity contribution in [3.05, 3.63) is 24.2 Å². The van der Waals surface area contributed by atoms with Gasteiger partial charge < -0.3 is 9.32 Å². The molecule has 2 rings (SSSR count). The third-order valence-electron chi connectivity index (χ3n) is 3.39. The van der Waals surface area contributed by atoms with Gasteiger partial charge in [0.1, 0.15) is 0 Å². The average Bonchev–Trinajstić information content (AvgIpc) is 2.99. The van der Waals surface area contributed by atoms with Gasteiger partial charge in [0.25, 0.3) is 5.91 Å². The third-order valence-corrected chi connectivity index (χ3v) is 5.14. The second-order valence-corrected chi connectivity index (χ2v) is 7.11. The van der Waals surface area contributed by atoms with Crippen LogP contribution in [-0.2, 0) is 9.84 Å². The van der Waals surface area contributed by atoms with Crippen LogP contribution in [0.3, 0.4) is 0 Å². The predicted molar refractivity (Wildman–Crippen MR) is 71.7 cm³/mol. The van der Waals surface area contributed by atoms with Gasteiger partial charge in [-0.05, 0) is 25.0 Å². The SMILES string of the molecule is CCCCN(C(=O)c1ccco1)[C@@H]1CCS(=O)(=O)C1. The van der Waals surface area contributed by atoms with E-state index in [4.69, 9.17) is 4.42 Å². The Balaban J connectivity index is 2.14. The third kappa shape index (κ3) is 3.37. The zero-order valence-corrected chi connectivity index (χ0v) is 11.9. The summed E-state index contributed by atoms with van der Waals surface area (Å²) in [5.74, 6) is 0.315. The highest BCUT2D eigenvalue weighted by molar-refractivity contribution is 7.91. The van der Waals surface area contributed by atoms with Crippen LogP contribution < -0.4 is 0 Å². The number of carbonyl (C=O) groups is 1. The molecular formula is C13H19NO4S. The number of amides is 1. The minimum absolute atomic E-state index is 0.0726. The molecule has 0 saturated carbocycles. The van der Waals surface area contributed by atoms with Gasteiger partial charge in [-0.1, -0.05) is 13.3 Å². The number of sulfone groups is 1. The fourth-order valence-corrected chi connectivity index (χ4v) is 4.07. The van der Waals surface area contributed by atoms with E-state index in [-0.39, 0.29) is 29.2 Å². The quantitative estimate of drug-likeness (QED) is 0.826. The fourth-order valence-electron chi connectivity index (χ4n) is 2.34. The van der Waals surface area contributed by atoms with Crippen molar-refractivity contribution in [2.75, 3.05) is 18.1 Å². The largest absolute Gasteiger partial charge is 0.459 e. The van der Waals surface area contributed by atoms with E-state index in [1.54, 1.807) is 17.0 Å². The molecule has 1 amide bonds. The van der Waals surface area contributed by atoms with Crippen LogP contribution in [0.25, 0.3) is 0 Å². The molecule has 19 heavy (non-hydrogen) atoms. The molecule has 2 heterocycles. The predicted octanol–water partition coefficient (Wildman–Crippen LogP) is 1.71. The Bertz CT molecular complexity index is 521. The highest BCUT2D eigenvalue weighted by Gasteiger charge is 2.35. The molecule has 1 aromatic rings. The van der Waals surface area contributed by atoms with Gasteiger partial charge in [-0.2, -0.15) is 0 Å². The van der Waals surface area contributed by atoms with Gasteiger partial charge in [0, 0.05) is 12.6 Å². The van der Waals surface area contributed by atoms with Crippen molar-refractivity contribution >= 4 is 15.7 Å². The molecule has 5 nitrogen and oxygen atoms in total. The summed E-state index contributed by atoms with van der Waals surface area (Å²) in [6, 6.07) is 3.07. The van der Waals surface area contributed by atoms with Crippen molar-refractivity contribution in [1.82, 2.24) is 4.90 Å². The Morgan fingerprint density at radius 1 is 1.53 bits per heavy atom. The summed E-state index contributed by atoms with van der Waals surface area (Å²) in [7, 11) is -2.99. The van der Waals surface area contributed by atoms with E-state index in [2.05, 4.69) is 0 Å². The molecule has 0 radical (unpaired) electrons. The zero-order chi connectivity index (χ0) is 13.9. The summed E-state index contributed by atoms with van der Waals surface area (Å²) < 4.78 is 28.3. The molecule has 0 N–H and O–H groups in total. The van der Waals surface area contributed by atoms with E-state index >= 15 is 0 Å². The summed E-state index contributed by atoms with van der Waals surface area (Å²) in [5, 5.41) is 0. The Kier molecular flexibility index (Phi) is 4.29. The van der Waals surface area contributed by atoms with Crippen LogP contribution in [0.2, 0.25) is 0 Å². The molecule has 106 valence electrons. The first-order valence-corrected chi connectivity index (χ1v) is 8.40. The lowest BCUT2D eigenvalue weighted by molar-refractivity contribution is 0.0661. The van der Waals surface area contributed by atoms with Gasteiger partial charge in [0.2, 0.25) is 0 Å². The number of furan rings is 1. The monoisotopic (exact) mass is 285 g/mol. The van der Waals surface area contributed by atoms with E-state index in [1.165, 1.54) is 6.26 Å². The molecule has 1 atom stereocenters. The first kappa shape index (κ1) is 14.1. The summed E-state index contributed by atoms with van der Waals surface area (Å²) >= 11 is 0. The summed E-state index contributed by atoms with van der Waals surface area (Å²) in [6.45, 7) is 2.62. The van der Waals surface area contributed by atoms with Crippen molar-refractivity contribution < 1.29 is 17.6 Å². The van der Waals surface area contributed by atoms with E-state index < -0.39 is 9.84 Å². The standard InChI is InChI=1S/C13H19NO4S/c1-2-3-7-14(11-6-9-19(16,17)10-11)13(15)12-5-4-8-18-12/h4-5,8,11H,2-3,6-7,9-10H2,1H3/t11-/m1/s1. The van der Waals surface area contributed by atoms with Crippen LogP contribution in [0, 0.1) is 0 Å². The van der Waals surface area contributed by atoms with Gasteiger partial charge in [0.05, 0.1) is 17.8 Å². The van der Waals surface area contributed by atoms with Crippen LogP contribution in [0.4, 0.5) is 0 Å². The van der Waals surface area contributed by atoms with E-state index in [9.17, 15) is 13.2 Å². The van der Waals surface area contributed by atoms with Crippen molar-refractivity contribution in [3.8, 4) is 0 Å². The second-order valence-electron chi connectivity index (χ2n) is 4.89. The highest BCUT2D eigenvalue weighted by Crippen LogP contribution is 2.20. The fraction of sp³-hybridized carbons (Fsp3) is 0.615. The minimum atomic E-state index is -2.99. The summed E-state index contributed by atoms with van der Waals surface area (Å²) in [5.41, 5.74) is 0. The van der Waals surface area contributed by atoms with Gasteiger partial charge in [-0.25, -0.2) is 8.42 Å². The normalized spacial score (nSPS) is 21.4. The number of rotatable bonds is 5. The Hall–Kier alpha value is -1.30. The van der Waals surface area contributed by atoms with Crippen LogP contribution in [0.5, 0.6) is 0 Å². The smallest absolute Gasteiger partial charge is 0.289 e. The molecule has 1 saturated heterocycles. The van der Waals surface area contributed by atoms with Crippen molar-refractivity contribution in [2.24, 2.45) is 0 Å². The molecule has 1 aliphatic heterocycles. The molecule has 1 fully saturated rings. The molecular weight excluding hydrogens is 266 g/mol. The van der Waals surface area contributed by atoms with Crippen LogP contribution in [-0.4, -0.2) is 43.3 Å². The molecule has 0 spiro atoms. The second kappa shape index (κ2) is 5.77. The Labute approximate surface area is 113 Å². The lowest BCUT2D eigenvalue weighted by Crippen LogP contribution is -2.41. The van der Waals surface area contributed by atoms with Gasteiger partial charge in [-0.15, -0.1) is 0 Å². The van der Waals surface area contributed by atoms with Crippen molar-refractivity contribution in [1.29, 1.82) is 0 Å². The van der Waals surface area contributed by atoms with Crippen LogP contribution in [0.1, 0.15) is 36.7 Å². The first-order valence-electron chi connectivity index (χ1n) is 6.58. The Morgan fingerprint density at radius 2 is 2.32 bits per heavy atom. The van der Waals surface area contributed by atoms with Crippen molar-refractivity contribution in [2.45, 2.75) is 32.2 Å². The molecule has 0 bridgehead atoms. The van der Waals surface area contributed by atoms with E-state index in [0.717, 1.165) is 12.8 Å². The van der Waals surface area contributed by atoms with Gasteiger partial charge in [-0.3, -0.25) is 4.79 Å². The number of carbonyl (C=O) groups excluding carboxylic acids is 1. The summed E-state index contributed by atoms with van der Waals surface area (Å²) in [4.78, 5) is 14.0. The molecule has 0 aliphatic carbocycles. The molecule has 6 heteroatoms. The number of unbranched alkanes of at least 4 members (excludes halogenated alkanes) is 1. The minimum Gasteiger partial charge on any atom is -0.459 e. The van der Waals surface area contributed by atoms with Gasteiger partial charge in [0.15, 0.2) is 15.6 Å². The van der Waals surface area contributed by atoms with Gasteiger partial charge >= 0.3 is 0 Å². The lowest BCUT2D eigenvalue weighted by Gasteiger charge is -2.27. The maximum Gasteiger partial charge on any atom is 0.289 e. The zero-order valence-electron chi connectivity index (χ0n) is 11.0. The molecule has 1 aromatic heterocycles. The van der Waals surface area contributed by atoms with Crippen LogP contribution >= 0.6 is 0 Å². The lowest BCUT2D eigenvalue weighted by atomic mass is 10.2. The maximum atomic E-state index is 12.3. The Morgan fingerprint density at radius 3 is 2.84 bits per heavy atom. The first-order chi connectivity index (χ1) is 9.03. The van der Waals surface area contributed by atoms with Crippen LogP contribution in [0.15, 0.2) is 22.8 Å². The number of hydrogen-bond donors (Lipinski definition) is 0. The van der Waals surface area contributed by atoms with E-state index in [1.807, 2.05) is 6.92 Å². The maximum absolute atomic E-state index is 12.3. The number of nitrogens with zero attached hydrogens (tertiary/aromatic N) is 1. The van der Waals surface area contributed by atoms with Crippen molar-refractivity contribution in [3.63, 3.8) is 0 Å². The highest BCUT2D eigenvalue weighted by atomic mass is 32.2. The average molecular weight is 285 g/mol. The molecule has 0 unspecified atom stereocenters. The summed E-state index contributed by atoms with van der Waals surface area (Å²) in [6.07, 6.45) is 3.81. The molecule has 0 aromatic carbocycles. The van der Waals surface area contributed by atoms with E-state index in [0.29, 0.717) is 13.0 Å². The topological polar surface area (TPSA) is 67.6 Å². The number of hydrogen-bond acceptors (Lipinski definition) is 4. The molecule has 1 aliphatic rings.